The minimum atomic E-state index is -4.48. The van der Waals surface area contributed by atoms with Gasteiger partial charge in [0.25, 0.3) is 0 Å². The summed E-state index contributed by atoms with van der Waals surface area (Å²) in [6, 6.07) is 9.60. The van der Waals surface area contributed by atoms with Crippen molar-refractivity contribution in [2.75, 3.05) is 51.2 Å². The van der Waals surface area contributed by atoms with Crippen LogP contribution in [0.15, 0.2) is 55.4 Å². The number of anilines is 1. The zero-order chi connectivity index (χ0) is 26.3. The van der Waals surface area contributed by atoms with Gasteiger partial charge in [0.1, 0.15) is 12.2 Å². The molecule has 2 amide bonds. The summed E-state index contributed by atoms with van der Waals surface area (Å²) in [5.74, 6) is 0. The summed E-state index contributed by atoms with van der Waals surface area (Å²) < 4.78 is 38.8. The summed E-state index contributed by atoms with van der Waals surface area (Å²) in [4.78, 5) is 24.2. The van der Waals surface area contributed by atoms with Gasteiger partial charge in [0.2, 0.25) is 0 Å². The van der Waals surface area contributed by atoms with E-state index in [1.165, 1.54) is 0 Å². The second-order valence-corrected chi connectivity index (χ2v) is 8.66. The maximum atomic E-state index is 12.3. The quantitative estimate of drug-likeness (QED) is 0.243. The van der Waals surface area contributed by atoms with Crippen molar-refractivity contribution in [1.29, 1.82) is 0 Å². The number of nitrogens with zero attached hydrogens (tertiary/aromatic N) is 3. The van der Waals surface area contributed by atoms with E-state index in [0.717, 1.165) is 56.0 Å². The number of aromatic nitrogens is 2. The molecule has 0 spiro atoms. The number of carbonyl (C=O) groups excluding carboxylic acids is 1. The number of piperazine rings is 1. The van der Waals surface area contributed by atoms with Gasteiger partial charge in [-0.05, 0) is 30.7 Å². The number of amides is 2. The molecule has 1 saturated heterocycles. The molecule has 1 aliphatic heterocycles. The highest BCUT2D eigenvalue weighted by molar-refractivity contribution is 5.90. The second kappa shape index (κ2) is 12.1. The number of fused-ring (bicyclic) bond motifs is 1. The largest absolute Gasteiger partial charge is 0.405 e. The van der Waals surface area contributed by atoms with Crippen LogP contribution in [-0.2, 0) is 4.84 Å². The van der Waals surface area contributed by atoms with E-state index in [9.17, 15) is 18.0 Å². The molecule has 3 heterocycles. The van der Waals surface area contributed by atoms with E-state index in [4.69, 9.17) is 4.84 Å². The molecule has 1 aromatic carbocycles. The average molecular weight is 518 g/mol. The zero-order valence-corrected chi connectivity index (χ0v) is 20.3. The van der Waals surface area contributed by atoms with E-state index in [1.54, 1.807) is 29.7 Å². The monoisotopic (exact) mass is 517 g/mol. The highest BCUT2D eigenvalue weighted by Crippen LogP contribution is 2.25. The number of carbonyl (C=O) groups is 1. The Bertz CT molecular complexity index is 1220. The van der Waals surface area contributed by atoms with Crippen LogP contribution in [0.1, 0.15) is 12.0 Å². The number of benzene rings is 1. The molecule has 198 valence electrons. The van der Waals surface area contributed by atoms with Gasteiger partial charge in [0, 0.05) is 55.7 Å². The van der Waals surface area contributed by atoms with Crippen LogP contribution >= 0.6 is 0 Å². The van der Waals surface area contributed by atoms with E-state index < -0.39 is 18.8 Å². The van der Waals surface area contributed by atoms with Crippen LogP contribution in [-0.4, -0.2) is 72.4 Å². The average Bonchev–Trinajstić information content (AvgIpc) is 3.31. The predicted octanol–water partition coefficient (Wildman–Crippen LogP) is 3.47. The third-order valence-electron chi connectivity index (χ3n) is 5.85. The summed E-state index contributed by atoms with van der Waals surface area (Å²) in [5.41, 5.74) is 6.87. The van der Waals surface area contributed by atoms with Crippen LogP contribution in [0.5, 0.6) is 0 Å². The molecule has 4 rings (SSSR count). The van der Waals surface area contributed by atoms with Crippen molar-refractivity contribution in [2.24, 2.45) is 0 Å². The molecule has 0 unspecified atom stereocenters. The number of halogens is 3. The molecular formula is C25H30F3N7O2. The van der Waals surface area contributed by atoms with E-state index in [2.05, 4.69) is 32.6 Å². The number of imidazole rings is 1. The lowest BCUT2D eigenvalue weighted by molar-refractivity contribution is -0.122. The van der Waals surface area contributed by atoms with Crippen molar-refractivity contribution in [3.63, 3.8) is 0 Å². The molecular weight excluding hydrogens is 487 g/mol. The number of urea groups is 1. The maximum absolute atomic E-state index is 12.3. The molecule has 37 heavy (non-hydrogen) atoms. The molecule has 9 nitrogen and oxygen atoms in total. The SMILES string of the molecule is C=C(NOCCCN1CCNCC1)c1ccn2c(-c3cccc(NC(=O)NCC(F)(F)F)c3)cnc2c1. The summed E-state index contributed by atoms with van der Waals surface area (Å²) in [6.07, 6.45) is -0.0293. The second-order valence-electron chi connectivity index (χ2n) is 8.66. The molecule has 0 saturated carbocycles. The lowest BCUT2D eigenvalue weighted by Crippen LogP contribution is -2.44. The predicted molar refractivity (Wildman–Crippen MR) is 136 cm³/mol. The van der Waals surface area contributed by atoms with Crippen LogP contribution in [0.2, 0.25) is 0 Å². The van der Waals surface area contributed by atoms with Gasteiger partial charge in [-0.25, -0.2) is 9.78 Å². The first-order chi connectivity index (χ1) is 17.8. The topological polar surface area (TPSA) is 95.0 Å². The third-order valence-corrected chi connectivity index (χ3v) is 5.85. The highest BCUT2D eigenvalue weighted by atomic mass is 19.4. The summed E-state index contributed by atoms with van der Waals surface area (Å²) in [7, 11) is 0. The summed E-state index contributed by atoms with van der Waals surface area (Å²) in [5, 5.41) is 7.54. The Balaban J connectivity index is 1.33. The van der Waals surface area contributed by atoms with E-state index >= 15 is 0 Å². The Labute approximate surface area is 212 Å². The molecule has 2 aromatic heterocycles. The van der Waals surface area contributed by atoms with Gasteiger partial charge >= 0.3 is 12.2 Å². The van der Waals surface area contributed by atoms with Gasteiger partial charge in [-0.15, -0.1) is 0 Å². The first-order valence-electron chi connectivity index (χ1n) is 12.0. The number of hydrogen-bond donors (Lipinski definition) is 4. The van der Waals surface area contributed by atoms with Crippen molar-refractivity contribution in [3.05, 3.63) is 60.9 Å². The van der Waals surface area contributed by atoms with Crippen LogP contribution in [0.4, 0.5) is 23.7 Å². The Hall–Kier alpha value is -3.61. The van der Waals surface area contributed by atoms with E-state index in [1.807, 2.05) is 28.8 Å². The standard InChI is InChI=1S/C25H30F3N7O2/c1-18(33-37-13-3-9-34-11-7-29-8-12-34)19-6-10-35-22(16-30-23(35)15-19)20-4-2-5-21(14-20)32-24(36)31-17-25(26,27)28/h2,4-6,10,14-16,29,33H,1,3,7-9,11-13,17H2,(H2,31,32,36). The number of hydroxylamine groups is 1. The smallest absolute Gasteiger partial charge is 0.329 e. The molecule has 0 bridgehead atoms. The highest BCUT2D eigenvalue weighted by Gasteiger charge is 2.27. The fourth-order valence-electron chi connectivity index (χ4n) is 3.99. The van der Waals surface area contributed by atoms with Gasteiger partial charge in [-0.1, -0.05) is 18.7 Å². The molecule has 1 aliphatic rings. The summed E-state index contributed by atoms with van der Waals surface area (Å²) in [6.45, 7) is 8.37. The van der Waals surface area contributed by atoms with Crippen LogP contribution in [0.3, 0.4) is 0 Å². The summed E-state index contributed by atoms with van der Waals surface area (Å²) >= 11 is 0. The van der Waals surface area contributed by atoms with Gasteiger partial charge < -0.3 is 20.9 Å². The van der Waals surface area contributed by atoms with Crippen molar-refractivity contribution < 1.29 is 22.8 Å². The molecule has 1 fully saturated rings. The fraction of sp³-hybridized carbons (Fsp3) is 0.360. The number of rotatable bonds is 10. The van der Waals surface area contributed by atoms with Crippen molar-refractivity contribution >= 4 is 23.1 Å². The molecule has 0 aliphatic carbocycles. The number of nitrogens with one attached hydrogen (secondary N) is 4. The number of alkyl halides is 3. The van der Waals surface area contributed by atoms with E-state index in [0.29, 0.717) is 23.6 Å². The lowest BCUT2D eigenvalue weighted by Gasteiger charge is -2.26. The van der Waals surface area contributed by atoms with Gasteiger partial charge in [-0.3, -0.25) is 14.7 Å². The third kappa shape index (κ3) is 7.68. The van der Waals surface area contributed by atoms with Crippen LogP contribution in [0.25, 0.3) is 22.6 Å². The maximum Gasteiger partial charge on any atom is 0.405 e. The van der Waals surface area contributed by atoms with Gasteiger partial charge in [0.05, 0.1) is 24.2 Å². The van der Waals surface area contributed by atoms with Gasteiger partial charge in [-0.2, -0.15) is 13.2 Å². The molecule has 0 atom stereocenters. The Kier molecular flexibility index (Phi) is 8.64. The normalized spacial score (nSPS) is 14.5. The zero-order valence-electron chi connectivity index (χ0n) is 20.3. The fourth-order valence-corrected chi connectivity index (χ4v) is 3.99. The number of hydrogen-bond acceptors (Lipinski definition) is 6. The first kappa shape index (κ1) is 26.5. The van der Waals surface area contributed by atoms with Gasteiger partial charge in [0.15, 0.2) is 0 Å². The molecule has 3 aromatic rings. The minimum Gasteiger partial charge on any atom is -0.329 e. The Morgan fingerprint density at radius 1 is 1.19 bits per heavy atom. The lowest BCUT2D eigenvalue weighted by atomic mass is 10.1. The van der Waals surface area contributed by atoms with Crippen LogP contribution < -0.4 is 21.4 Å². The Morgan fingerprint density at radius 3 is 2.78 bits per heavy atom. The number of pyridine rings is 1. The van der Waals surface area contributed by atoms with Crippen molar-refractivity contribution in [1.82, 2.24) is 30.4 Å². The molecule has 12 heteroatoms. The molecule has 4 N–H and O–H groups in total. The first-order valence-corrected chi connectivity index (χ1v) is 12.0. The molecule has 0 radical (unpaired) electrons. The van der Waals surface area contributed by atoms with Crippen LogP contribution in [0, 0.1) is 0 Å². The Morgan fingerprint density at radius 2 is 2.00 bits per heavy atom. The van der Waals surface area contributed by atoms with Crippen molar-refractivity contribution in [2.45, 2.75) is 12.6 Å². The minimum absolute atomic E-state index is 0.357. The van der Waals surface area contributed by atoms with E-state index in [-0.39, 0.29) is 0 Å². The van der Waals surface area contributed by atoms with Crippen molar-refractivity contribution in [3.8, 4) is 11.3 Å².